The Kier molecular flexibility index (Phi) is 6.54. The predicted octanol–water partition coefficient (Wildman–Crippen LogP) is 4.03. The van der Waals surface area contributed by atoms with Crippen molar-refractivity contribution < 1.29 is 23.5 Å². The minimum absolute atomic E-state index is 0.0129. The number of aromatic nitrogens is 5. The van der Waals surface area contributed by atoms with Crippen LogP contribution in [0.4, 0.5) is 0 Å². The Morgan fingerprint density at radius 1 is 1.00 bits per heavy atom. The van der Waals surface area contributed by atoms with Gasteiger partial charge in [-0.1, -0.05) is 11.6 Å². The summed E-state index contributed by atoms with van der Waals surface area (Å²) in [5, 5.41) is 4.77. The predicted molar refractivity (Wildman–Crippen MR) is 163 cm³/mol. The van der Waals surface area contributed by atoms with Gasteiger partial charge in [-0.15, -0.1) is 0 Å². The first-order chi connectivity index (χ1) is 21.9. The molecule has 1 saturated carbocycles. The van der Waals surface area contributed by atoms with Crippen molar-refractivity contribution in [3.05, 3.63) is 21.7 Å². The fraction of sp³-hybridized carbons (Fsp3) is 0.758. The summed E-state index contributed by atoms with van der Waals surface area (Å²) in [7, 11) is 3.94. The third-order valence-corrected chi connectivity index (χ3v) is 12.0. The van der Waals surface area contributed by atoms with Crippen molar-refractivity contribution in [2.24, 2.45) is 7.05 Å². The summed E-state index contributed by atoms with van der Waals surface area (Å²) in [6.07, 6.45) is 11.8. The van der Waals surface area contributed by atoms with Crippen LogP contribution in [0.2, 0.25) is 0 Å². The summed E-state index contributed by atoms with van der Waals surface area (Å²) >= 11 is 0. The highest BCUT2D eigenvalue weighted by Gasteiger charge is 2.61. The van der Waals surface area contributed by atoms with E-state index in [4.69, 9.17) is 38.6 Å². The highest BCUT2D eigenvalue weighted by atomic mass is 16.7. The Morgan fingerprint density at radius 3 is 2.58 bits per heavy atom. The Bertz CT molecular complexity index is 1690. The van der Waals surface area contributed by atoms with Crippen molar-refractivity contribution >= 4 is 11.2 Å². The second-order valence-electron chi connectivity index (χ2n) is 14.4. The van der Waals surface area contributed by atoms with Crippen molar-refractivity contribution in [3.63, 3.8) is 0 Å². The highest BCUT2D eigenvalue weighted by molar-refractivity contribution is 5.80. The standard InChI is InChI=1S/C33H44N6O6/c1-19(22-9-7-15-37(22)2)43-30-25-29(39(31(40)38(25)3)23-18-20-10-11-24(23)44-20)34-28(35-30)26-21-8-6-13-32(27(21)36-45-26)12-4-5-14-33(32)41-16-17-42-33/h19-20,22-24H,4-18H2,1-3H3/t19-,20?,22-,23-,24?,32-/m0/s1. The van der Waals surface area contributed by atoms with Crippen LogP contribution in [0, 0.1) is 0 Å². The fourth-order valence-electron chi connectivity index (χ4n) is 9.86. The molecule has 2 spiro atoms. The molecule has 0 radical (unpaired) electrons. The second-order valence-corrected chi connectivity index (χ2v) is 14.4. The van der Waals surface area contributed by atoms with Gasteiger partial charge in [0.1, 0.15) is 6.10 Å². The first kappa shape index (κ1) is 28.4. The SMILES string of the molecule is C[C@H](Oc1nc(-c2onc3c2CCC[C@@]32CCCCC23OCCO3)nc2c1n(C)c(=O)n2[C@H]1CC2CCC1O2)[C@@H]1CCCN1C. The lowest BCUT2D eigenvalue weighted by atomic mass is 9.61. The lowest BCUT2D eigenvalue weighted by molar-refractivity contribution is -0.231. The van der Waals surface area contributed by atoms with Gasteiger partial charge in [0.15, 0.2) is 17.0 Å². The summed E-state index contributed by atoms with van der Waals surface area (Å²) in [5.74, 6) is 0.736. The number of aryl methyl sites for hydroxylation is 1. The minimum Gasteiger partial charge on any atom is -0.471 e. The number of ether oxygens (including phenoxy) is 4. The highest BCUT2D eigenvalue weighted by Crippen LogP contribution is 2.57. The Hall–Kier alpha value is -2.80. The number of fused-ring (bicyclic) bond motifs is 6. The van der Waals surface area contributed by atoms with E-state index in [0.29, 0.717) is 41.8 Å². The number of likely N-dealkylation sites (N-methyl/N-ethyl adjacent to an activating group) is 1. The van der Waals surface area contributed by atoms with Gasteiger partial charge >= 0.3 is 5.69 Å². The molecule has 0 N–H and O–H groups in total. The quantitative estimate of drug-likeness (QED) is 0.414. The summed E-state index contributed by atoms with van der Waals surface area (Å²) in [5.41, 5.74) is 2.68. The van der Waals surface area contributed by atoms with Crippen molar-refractivity contribution in [2.45, 2.75) is 126 Å². The summed E-state index contributed by atoms with van der Waals surface area (Å²) in [6, 6.07) is 0.197. The first-order valence-corrected chi connectivity index (χ1v) is 17.2. The van der Waals surface area contributed by atoms with E-state index in [2.05, 4.69) is 18.9 Å². The van der Waals surface area contributed by atoms with E-state index in [1.54, 1.807) is 11.6 Å². The molecule has 3 aromatic rings. The van der Waals surface area contributed by atoms with Gasteiger partial charge in [0.25, 0.3) is 0 Å². The number of hydrogen-bond acceptors (Lipinski definition) is 10. The van der Waals surface area contributed by atoms with Crippen LogP contribution >= 0.6 is 0 Å². The van der Waals surface area contributed by atoms with Gasteiger partial charge < -0.3 is 23.5 Å². The molecule has 9 rings (SSSR count). The molecule has 2 aliphatic carbocycles. The molecule has 4 aliphatic heterocycles. The van der Waals surface area contributed by atoms with Gasteiger partial charge in [0.05, 0.1) is 42.6 Å². The van der Waals surface area contributed by atoms with E-state index >= 15 is 0 Å². The molecule has 6 aliphatic rings. The van der Waals surface area contributed by atoms with Crippen LogP contribution in [0.1, 0.15) is 94.9 Å². The molecular weight excluding hydrogens is 576 g/mol. The number of likely N-dealkylation sites (tertiary alicyclic amines) is 1. The van der Waals surface area contributed by atoms with Crippen molar-refractivity contribution in [1.82, 2.24) is 29.2 Å². The molecule has 7 heterocycles. The van der Waals surface area contributed by atoms with Gasteiger partial charge in [-0.05, 0) is 84.7 Å². The molecular formula is C33H44N6O6. The first-order valence-electron chi connectivity index (χ1n) is 17.2. The normalized spacial score (nSPS) is 33.1. The molecule has 2 bridgehead atoms. The van der Waals surface area contributed by atoms with Crippen molar-refractivity contribution in [3.8, 4) is 17.5 Å². The van der Waals surface area contributed by atoms with Gasteiger partial charge in [-0.25, -0.2) is 9.78 Å². The van der Waals surface area contributed by atoms with Crippen LogP contribution in [-0.4, -0.2) is 86.1 Å². The molecule has 6 atom stereocenters. The molecule has 3 aromatic heterocycles. The van der Waals surface area contributed by atoms with E-state index < -0.39 is 5.79 Å². The number of nitrogens with zero attached hydrogens (tertiary/aromatic N) is 6. The van der Waals surface area contributed by atoms with Gasteiger partial charge in [0.2, 0.25) is 17.5 Å². The van der Waals surface area contributed by atoms with Crippen LogP contribution in [0.5, 0.6) is 5.88 Å². The summed E-state index contributed by atoms with van der Waals surface area (Å²) < 4.78 is 35.5. The van der Waals surface area contributed by atoms with Crippen LogP contribution in [0.3, 0.4) is 0 Å². The molecule has 0 aromatic carbocycles. The zero-order valence-electron chi connectivity index (χ0n) is 26.6. The number of rotatable bonds is 5. The Balaban J connectivity index is 1.20. The monoisotopic (exact) mass is 620 g/mol. The topological polar surface area (TPSA) is 119 Å². The van der Waals surface area contributed by atoms with Crippen LogP contribution < -0.4 is 10.4 Å². The Labute approximate surface area is 262 Å². The molecule has 45 heavy (non-hydrogen) atoms. The van der Waals surface area contributed by atoms with Crippen LogP contribution in [0.15, 0.2) is 9.32 Å². The average Bonchev–Trinajstić information content (AvgIpc) is 3.89. The molecule has 0 amide bonds. The van der Waals surface area contributed by atoms with Crippen LogP contribution in [-0.2, 0) is 33.1 Å². The fourth-order valence-corrected chi connectivity index (χ4v) is 9.86. The van der Waals surface area contributed by atoms with Crippen molar-refractivity contribution in [1.29, 1.82) is 0 Å². The lowest BCUT2D eigenvalue weighted by Crippen LogP contribution is -2.56. The third-order valence-electron chi connectivity index (χ3n) is 12.0. The zero-order valence-corrected chi connectivity index (χ0v) is 26.6. The zero-order chi connectivity index (χ0) is 30.5. The maximum absolute atomic E-state index is 13.9. The van der Waals surface area contributed by atoms with E-state index in [-0.39, 0.29) is 41.5 Å². The maximum atomic E-state index is 13.9. The molecule has 2 unspecified atom stereocenters. The lowest BCUT2D eigenvalue weighted by Gasteiger charge is -2.50. The number of imidazole rings is 1. The number of hydrogen-bond donors (Lipinski definition) is 0. The maximum Gasteiger partial charge on any atom is 0.330 e. The summed E-state index contributed by atoms with van der Waals surface area (Å²) in [6.45, 7) is 4.36. The molecule has 242 valence electrons. The van der Waals surface area contributed by atoms with E-state index in [1.807, 2.05) is 4.57 Å². The van der Waals surface area contributed by atoms with Gasteiger partial charge in [0, 0.05) is 25.1 Å². The smallest absolute Gasteiger partial charge is 0.330 e. The van der Waals surface area contributed by atoms with Gasteiger partial charge in [-0.2, -0.15) is 4.98 Å². The molecule has 12 nitrogen and oxygen atoms in total. The van der Waals surface area contributed by atoms with Crippen molar-refractivity contribution in [2.75, 3.05) is 26.8 Å². The van der Waals surface area contributed by atoms with Gasteiger partial charge in [-0.3, -0.25) is 14.0 Å². The third kappa shape index (κ3) is 4.04. The second kappa shape index (κ2) is 10.4. The van der Waals surface area contributed by atoms with E-state index in [0.717, 1.165) is 94.9 Å². The van der Waals surface area contributed by atoms with Crippen LogP contribution in [0.25, 0.3) is 22.7 Å². The molecule has 12 heteroatoms. The Morgan fingerprint density at radius 2 is 1.82 bits per heavy atom. The van der Waals surface area contributed by atoms with E-state index in [9.17, 15) is 4.79 Å². The van der Waals surface area contributed by atoms with E-state index in [1.165, 1.54) is 0 Å². The molecule has 5 fully saturated rings. The largest absolute Gasteiger partial charge is 0.471 e. The average molecular weight is 621 g/mol. The summed E-state index contributed by atoms with van der Waals surface area (Å²) in [4.78, 5) is 26.5. The minimum atomic E-state index is -0.655. The molecule has 4 saturated heterocycles.